The molecule has 4 heterocycles. The lowest BCUT2D eigenvalue weighted by molar-refractivity contribution is -0.152. The molecule has 6 atom stereocenters. The molecule has 2 aromatic rings. The Morgan fingerprint density at radius 2 is 1.62 bits per heavy atom. The molecule has 2 fully saturated rings. The van der Waals surface area contributed by atoms with Crippen molar-refractivity contribution in [3.63, 3.8) is 0 Å². The van der Waals surface area contributed by atoms with Crippen molar-refractivity contribution in [2.45, 2.75) is 50.2 Å². The first kappa shape index (κ1) is 26.5. The molecule has 40 heavy (non-hydrogen) atoms. The normalized spacial score (nSPS) is 30.3. The first-order chi connectivity index (χ1) is 19.4. The van der Waals surface area contributed by atoms with Crippen molar-refractivity contribution < 1.29 is 24.2 Å². The van der Waals surface area contributed by atoms with E-state index in [4.69, 9.17) is 4.74 Å². The molecule has 0 aromatic heterocycles. The second-order valence-electron chi connectivity index (χ2n) is 11.3. The van der Waals surface area contributed by atoms with Gasteiger partial charge in [0.05, 0.1) is 30.6 Å². The summed E-state index contributed by atoms with van der Waals surface area (Å²) < 4.78 is 6.73. The fraction of sp³-hybridized carbons (Fsp3) is 0.406. The van der Waals surface area contributed by atoms with Gasteiger partial charge in [0.25, 0.3) is 0 Å². The number of carbonyl (C=O) groups excluding carboxylic acids is 3. The summed E-state index contributed by atoms with van der Waals surface area (Å²) in [7, 11) is 0. The number of amides is 3. The van der Waals surface area contributed by atoms with E-state index in [2.05, 4.69) is 0 Å². The van der Waals surface area contributed by atoms with E-state index in [0.29, 0.717) is 19.6 Å². The van der Waals surface area contributed by atoms with Gasteiger partial charge in [-0.05, 0) is 25.0 Å². The second kappa shape index (κ2) is 10.3. The van der Waals surface area contributed by atoms with Crippen LogP contribution in [0.25, 0.3) is 0 Å². The van der Waals surface area contributed by atoms with E-state index in [0.717, 1.165) is 11.1 Å². The third-order valence-electron chi connectivity index (χ3n) is 8.74. The van der Waals surface area contributed by atoms with Crippen molar-refractivity contribution in [3.8, 4) is 0 Å². The number of ether oxygens (including phenoxy) is 1. The first-order valence-corrected chi connectivity index (χ1v) is 14.0. The number of fused-ring (bicyclic) bond motifs is 2. The van der Waals surface area contributed by atoms with Gasteiger partial charge in [0.1, 0.15) is 11.6 Å². The van der Waals surface area contributed by atoms with Crippen LogP contribution in [-0.2, 0) is 25.7 Å². The zero-order valence-electron chi connectivity index (χ0n) is 22.8. The van der Waals surface area contributed by atoms with Gasteiger partial charge in [0, 0.05) is 25.7 Å². The molecule has 1 spiro atoms. The van der Waals surface area contributed by atoms with Crippen LogP contribution in [0.2, 0.25) is 0 Å². The molecular weight excluding hydrogens is 506 g/mol. The zero-order valence-corrected chi connectivity index (χ0v) is 22.8. The molecule has 0 radical (unpaired) electrons. The molecule has 1 N–H and O–H groups in total. The van der Waals surface area contributed by atoms with Crippen molar-refractivity contribution in [2.75, 3.05) is 19.7 Å². The first-order valence-electron chi connectivity index (χ1n) is 14.0. The number of likely N-dealkylation sites (tertiary alicyclic amines) is 1. The molecule has 1 unspecified atom stereocenters. The maximum atomic E-state index is 14.6. The Bertz CT molecular complexity index is 1340. The fourth-order valence-electron chi connectivity index (χ4n) is 6.92. The van der Waals surface area contributed by atoms with E-state index < -0.39 is 35.6 Å². The van der Waals surface area contributed by atoms with E-state index in [1.807, 2.05) is 98.8 Å². The molecule has 8 heteroatoms. The monoisotopic (exact) mass is 541 g/mol. The van der Waals surface area contributed by atoms with Crippen LogP contribution in [-0.4, -0.2) is 81.0 Å². The summed E-state index contributed by atoms with van der Waals surface area (Å²) in [5.74, 6) is -2.44. The van der Waals surface area contributed by atoms with Crippen LogP contribution in [0.15, 0.2) is 85.0 Å². The van der Waals surface area contributed by atoms with Crippen LogP contribution in [0.1, 0.15) is 31.0 Å². The summed E-state index contributed by atoms with van der Waals surface area (Å²) in [5, 5.41) is 10.6. The minimum Gasteiger partial charge on any atom is -0.394 e. The number of rotatable bonds is 6. The van der Waals surface area contributed by atoms with Crippen LogP contribution < -0.4 is 0 Å². The summed E-state index contributed by atoms with van der Waals surface area (Å²) in [4.78, 5) is 48.1. The Labute approximate surface area is 234 Å². The molecule has 0 saturated carbocycles. The maximum Gasteiger partial charge on any atom is 0.249 e. The summed E-state index contributed by atoms with van der Waals surface area (Å²) in [6.45, 7) is 4.71. The Kier molecular flexibility index (Phi) is 6.84. The highest BCUT2D eigenvalue weighted by Gasteiger charge is 2.72. The number of carbonyl (C=O) groups is 3. The molecule has 0 aliphatic carbocycles. The maximum absolute atomic E-state index is 14.6. The highest BCUT2D eigenvalue weighted by molar-refractivity contribution is 6.00. The number of nitrogens with zero attached hydrogens (tertiary/aromatic N) is 3. The van der Waals surface area contributed by atoms with E-state index in [-0.39, 0.29) is 30.4 Å². The number of hydrogen-bond donors (Lipinski definition) is 1. The Morgan fingerprint density at radius 1 is 0.925 bits per heavy atom. The Morgan fingerprint density at radius 3 is 2.30 bits per heavy atom. The summed E-state index contributed by atoms with van der Waals surface area (Å²) in [6, 6.07) is 17.1. The minimum atomic E-state index is -1.33. The molecule has 6 rings (SSSR count). The van der Waals surface area contributed by atoms with Crippen molar-refractivity contribution in [1.82, 2.24) is 14.7 Å². The average molecular weight is 542 g/mol. The van der Waals surface area contributed by atoms with Crippen LogP contribution in [0.4, 0.5) is 0 Å². The van der Waals surface area contributed by atoms with Gasteiger partial charge < -0.3 is 24.5 Å². The van der Waals surface area contributed by atoms with Gasteiger partial charge in [-0.25, -0.2) is 0 Å². The number of hydrogen-bond acceptors (Lipinski definition) is 5. The van der Waals surface area contributed by atoms with Gasteiger partial charge >= 0.3 is 0 Å². The third-order valence-corrected chi connectivity index (χ3v) is 8.74. The van der Waals surface area contributed by atoms with E-state index in [9.17, 15) is 19.5 Å². The number of benzene rings is 2. The lowest BCUT2D eigenvalue weighted by Gasteiger charge is -2.39. The molecule has 0 bridgehead atoms. The summed E-state index contributed by atoms with van der Waals surface area (Å²) in [5.41, 5.74) is 0.389. The van der Waals surface area contributed by atoms with Gasteiger partial charge in [-0.3, -0.25) is 14.4 Å². The molecule has 4 aliphatic rings. The lowest BCUT2D eigenvalue weighted by atomic mass is 9.77. The molecule has 208 valence electrons. The van der Waals surface area contributed by atoms with Crippen molar-refractivity contribution in [1.29, 1.82) is 0 Å². The van der Waals surface area contributed by atoms with E-state index in [1.165, 1.54) is 4.90 Å². The average Bonchev–Trinajstić information content (AvgIpc) is 3.27. The van der Waals surface area contributed by atoms with Crippen LogP contribution >= 0.6 is 0 Å². The predicted molar refractivity (Wildman–Crippen MR) is 148 cm³/mol. The van der Waals surface area contributed by atoms with Crippen molar-refractivity contribution in [2.24, 2.45) is 11.8 Å². The quantitative estimate of drug-likeness (QED) is 0.568. The van der Waals surface area contributed by atoms with E-state index >= 15 is 0 Å². The number of aliphatic hydroxyl groups excluding tert-OH is 1. The SMILES string of the molecule is CC(C)N1CC=C[C@]23O[C@H]4C=CCN(Cc5ccccc5)C(=O)[C@H]4[C@H]2C(=O)N([C@H](CO)c2ccccc2)C3C1=O. The van der Waals surface area contributed by atoms with Crippen molar-refractivity contribution in [3.05, 3.63) is 96.1 Å². The molecule has 3 amide bonds. The zero-order chi connectivity index (χ0) is 28.0. The molecule has 2 saturated heterocycles. The standard InChI is InChI=1S/C32H35N3O5/c1-21(2)34-18-10-16-32-27(30(38)35(28(32)31(34)39)24(20-36)23-13-7-4-8-14-23)26-25(40-32)15-9-17-33(29(26)37)19-22-11-5-3-6-12-22/h3-16,21,24-28,36H,17-20H2,1-2H3/t24-,25+,26-,27+,28?,32+/m1/s1. The highest BCUT2D eigenvalue weighted by Crippen LogP contribution is 2.55. The Hall–Kier alpha value is -3.75. The van der Waals surface area contributed by atoms with E-state index in [1.54, 1.807) is 9.80 Å². The summed E-state index contributed by atoms with van der Waals surface area (Å²) >= 11 is 0. The predicted octanol–water partition coefficient (Wildman–Crippen LogP) is 2.71. The van der Waals surface area contributed by atoms with Gasteiger partial charge in [0.15, 0.2) is 0 Å². The van der Waals surface area contributed by atoms with Gasteiger partial charge in [-0.1, -0.05) is 85.0 Å². The Balaban J connectivity index is 1.45. The van der Waals surface area contributed by atoms with Crippen LogP contribution in [0.5, 0.6) is 0 Å². The topological polar surface area (TPSA) is 90.4 Å². The largest absolute Gasteiger partial charge is 0.394 e. The van der Waals surface area contributed by atoms with Gasteiger partial charge in [-0.2, -0.15) is 0 Å². The lowest BCUT2D eigenvalue weighted by Crippen LogP contribution is -2.57. The second-order valence-corrected chi connectivity index (χ2v) is 11.3. The summed E-state index contributed by atoms with van der Waals surface area (Å²) in [6.07, 6.45) is 6.89. The third kappa shape index (κ3) is 4.09. The van der Waals surface area contributed by atoms with Gasteiger partial charge in [-0.15, -0.1) is 0 Å². The molecule has 8 nitrogen and oxygen atoms in total. The smallest absolute Gasteiger partial charge is 0.249 e. The molecule has 4 aliphatic heterocycles. The minimum absolute atomic E-state index is 0.109. The van der Waals surface area contributed by atoms with Gasteiger partial charge in [0.2, 0.25) is 17.7 Å². The van der Waals surface area contributed by atoms with Crippen LogP contribution in [0, 0.1) is 11.8 Å². The highest BCUT2D eigenvalue weighted by atomic mass is 16.5. The molecule has 2 aromatic carbocycles. The van der Waals surface area contributed by atoms with Crippen molar-refractivity contribution >= 4 is 17.7 Å². The van der Waals surface area contributed by atoms with Crippen LogP contribution in [0.3, 0.4) is 0 Å². The fourth-order valence-corrected chi connectivity index (χ4v) is 6.92. The molecular formula is C32H35N3O5. The number of aliphatic hydroxyl groups is 1.